The number of rotatable bonds is 4. The van der Waals surface area contributed by atoms with Gasteiger partial charge < -0.3 is 13.8 Å². The molecule has 122 valence electrons. The maximum Gasteiger partial charge on any atom is 0.293 e. The number of furan rings is 1. The van der Waals surface area contributed by atoms with E-state index < -0.39 is 0 Å². The molecular formula is C18H17N3O3. The third-order valence-electron chi connectivity index (χ3n) is 4.32. The van der Waals surface area contributed by atoms with Crippen molar-refractivity contribution >= 4 is 11.6 Å². The normalized spacial score (nSPS) is 17.6. The van der Waals surface area contributed by atoms with Crippen molar-refractivity contribution < 1.29 is 13.7 Å². The van der Waals surface area contributed by atoms with Gasteiger partial charge in [-0.25, -0.2) is 0 Å². The number of hydrogen-bond acceptors (Lipinski definition) is 5. The molecule has 1 aliphatic rings. The Bertz CT molecular complexity index is 837. The van der Waals surface area contributed by atoms with Crippen molar-refractivity contribution in [2.45, 2.75) is 25.7 Å². The van der Waals surface area contributed by atoms with E-state index in [0.29, 0.717) is 30.4 Å². The molecular weight excluding hydrogens is 306 g/mol. The Morgan fingerprint density at radius 1 is 1.25 bits per heavy atom. The Kier molecular flexibility index (Phi) is 3.65. The predicted octanol–water partition coefficient (Wildman–Crippen LogP) is 3.41. The van der Waals surface area contributed by atoms with E-state index in [9.17, 15) is 4.79 Å². The minimum atomic E-state index is -0.0733. The molecule has 0 aliphatic carbocycles. The average Bonchev–Trinajstić information content (AvgIpc) is 3.34. The molecule has 0 bridgehead atoms. The molecule has 0 unspecified atom stereocenters. The van der Waals surface area contributed by atoms with Gasteiger partial charge in [-0.2, -0.15) is 4.98 Å². The first-order valence-electron chi connectivity index (χ1n) is 8.01. The van der Waals surface area contributed by atoms with Crippen molar-refractivity contribution in [3.8, 4) is 11.7 Å². The first-order valence-corrected chi connectivity index (χ1v) is 8.01. The van der Waals surface area contributed by atoms with Gasteiger partial charge in [0.2, 0.25) is 5.91 Å². The van der Waals surface area contributed by atoms with Crippen LogP contribution in [-0.4, -0.2) is 22.6 Å². The standard InChI is InChI=1S/C18H17N3O3/c1-2-12-5-7-14(8-6-12)21-11-13(10-16(21)22)17-19-18(24-20-17)15-4-3-9-23-15/h3-9,13H,2,10-11H2,1H3/t13-/m1/s1. The number of carbonyl (C=O) groups is 1. The smallest absolute Gasteiger partial charge is 0.293 e. The van der Waals surface area contributed by atoms with Crippen molar-refractivity contribution in [1.29, 1.82) is 0 Å². The zero-order valence-corrected chi connectivity index (χ0v) is 13.3. The summed E-state index contributed by atoms with van der Waals surface area (Å²) in [5.41, 5.74) is 2.16. The minimum Gasteiger partial charge on any atom is -0.459 e. The number of carbonyl (C=O) groups excluding carboxylic acids is 1. The summed E-state index contributed by atoms with van der Waals surface area (Å²) in [7, 11) is 0. The first kappa shape index (κ1) is 14.7. The van der Waals surface area contributed by atoms with Gasteiger partial charge in [-0.1, -0.05) is 24.2 Å². The third-order valence-corrected chi connectivity index (χ3v) is 4.32. The van der Waals surface area contributed by atoms with Crippen LogP contribution in [-0.2, 0) is 11.2 Å². The summed E-state index contributed by atoms with van der Waals surface area (Å²) in [6.45, 7) is 2.67. The number of anilines is 1. The SMILES string of the molecule is CCc1ccc(N2C[C@H](c3noc(-c4ccco4)n3)CC2=O)cc1. The molecule has 3 heterocycles. The zero-order valence-electron chi connectivity index (χ0n) is 13.3. The summed E-state index contributed by atoms with van der Waals surface area (Å²) in [4.78, 5) is 18.5. The second-order valence-electron chi connectivity index (χ2n) is 5.86. The summed E-state index contributed by atoms with van der Waals surface area (Å²) < 4.78 is 10.5. The lowest BCUT2D eigenvalue weighted by Gasteiger charge is -2.16. The van der Waals surface area contributed by atoms with Crippen molar-refractivity contribution in [3.63, 3.8) is 0 Å². The van der Waals surface area contributed by atoms with Gasteiger partial charge in [-0.05, 0) is 36.2 Å². The van der Waals surface area contributed by atoms with E-state index in [1.54, 1.807) is 23.3 Å². The van der Waals surface area contributed by atoms with Crippen LogP contribution in [0.15, 0.2) is 51.6 Å². The highest BCUT2D eigenvalue weighted by Crippen LogP contribution is 2.31. The predicted molar refractivity (Wildman–Crippen MR) is 87.5 cm³/mol. The highest BCUT2D eigenvalue weighted by Gasteiger charge is 2.34. The van der Waals surface area contributed by atoms with Crippen LogP contribution in [0.1, 0.15) is 30.7 Å². The maximum atomic E-state index is 12.4. The summed E-state index contributed by atoms with van der Waals surface area (Å²) in [5, 5.41) is 4.02. The van der Waals surface area contributed by atoms with Gasteiger partial charge in [0.15, 0.2) is 11.6 Å². The van der Waals surface area contributed by atoms with Crippen molar-refractivity contribution in [2.24, 2.45) is 0 Å². The first-order chi connectivity index (χ1) is 11.7. The molecule has 1 aromatic carbocycles. The van der Waals surface area contributed by atoms with Crippen LogP contribution < -0.4 is 4.90 Å². The maximum absolute atomic E-state index is 12.4. The molecule has 0 saturated carbocycles. The highest BCUT2D eigenvalue weighted by molar-refractivity contribution is 5.96. The van der Waals surface area contributed by atoms with Crippen LogP contribution in [0.5, 0.6) is 0 Å². The molecule has 1 saturated heterocycles. The van der Waals surface area contributed by atoms with E-state index in [1.807, 2.05) is 12.1 Å². The lowest BCUT2D eigenvalue weighted by atomic mass is 10.1. The molecule has 1 atom stereocenters. The summed E-state index contributed by atoms with van der Waals surface area (Å²) in [6.07, 6.45) is 2.92. The average molecular weight is 323 g/mol. The van der Waals surface area contributed by atoms with Gasteiger partial charge >= 0.3 is 0 Å². The number of hydrogen-bond donors (Lipinski definition) is 0. The van der Waals surface area contributed by atoms with Crippen LogP contribution in [0, 0.1) is 0 Å². The van der Waals surface area contributed by atoms with E-state index in [2.05, 4.69) is 29.2 Å². The molecule has 0 radical (unpaired) electrons. The van der Waals surface area contributed by atoms with E-state index in [1.165, 1.54) is 5.56 Å². The molecule has 0 N–H and O–H groups in total. The van der Waals surface area contributed by atoms with Crippen LogP contribution in [0.25, 0.3) is 11.7 Å². The quantitative estimate of drug-likeness (QED) is 0.735. The number of aryl methyl sites for hydroxylation is 1. The molecule has 0 spiro atoms. The van der Waals surface area contributed by atoms with Gasteiger partial charge in [0.05, 0.1) is 6.26 Å². The van der Waals surface area contributed by atoms with Gasteiger partial charge in [-0.3, -0.25) is 4.79 Å². The Balaban J connectivity index is 1.53. The Hall–Kier alpha value is -2.89. The lowest BCUT2D eigenvalue weighted by molar-refractivity contribution is -0.117. The van der Waals surface area contributed by atoms with Crippen LogP contribution in [0.4, 0.5) is 5.69 Å². The monoisotopic (exact) mass is 323 g/mol. The fraction of sp³-hybridized carbons (Fsp3) is 0.278. The molecule has 24 heavy (non-hydrogen) atoms. The lowest BCUT2D eigenvalue weighted by Crippen LogP contribution is -2.24. The zero-order chi connectivity index (χ0) is 16.5. The molecule has 3 aromatic rings. The third kappa shape index (κ3) is 2.60. The molecule has 6 heteroatoms. The van der Waals surface area contributed by atoms with E-state index in [-0.39, 0.29) is 11.8 Å². The number of aromatic nitrogens is 2. The highest BCUT2D eigenvalue weighted by atomic mass is 16.5. The minimum absolute atomic E-state index is 0.0733. The van der Waals surface area contributed by atoms with Gasteiger partial charge in [-0.15, -0.1) is 0 Å². The second-order valence-corrected chi connectivity index (χ2v) is 5.86. The Labute approximate surface area is 139 Å². The summed E-state index contributed by atoms with van der Waals surface area (Å²) in [6, 6.07) is 11.6. The molecule has 2 aromatic heterocycles. The number of nitrogens with zero attached hydrogens (tertiary/aromatic N) is 3. The molecule has 1 fully saturated rings. The number of benzene rings is 1. The molecule has 1 amide bonds. The van der Waals surface area contributed by atoms with Crippen molar-refractivity contribution in [1.82, 2.24) is 10.1 Å². The topological polar surface area (TPSA) is 72.4 Å². The fourth-order valence-corrected chi connectivity index (χ4v) is 2.94. The Morgan fingerprint density at radius 2 is 2.08 bits per heavy atom. The second kappa shape index (κ2) is 5.96. The number of amides is 1. The summed E-state index contributed by atoms with van der Waals surface area (Å²) >= 11 is 0. The van der Waals surface area contributed by atoms with Gasteiger partial charge in [0.25, 0.3) is 5.89 Å². The van der Waals surface area contributed by atoms with Crippen LogP contribution in [0.2, 0.25) is 0 Å². The fourth-order valence-electron chi connectivity index (χ4n) is 2.94. The van der Waals surface area contributed by atoms with Crippen molar-refractivity contribution in [2.75, 3.05) is 11.4 Å². The Morgan fingerprint density at radius 3 is 2.79 bits per heavy atom. The van der Waals surface area contributed by atoms with Crippen LogP contribution in [0.3, 0.4) is 0 Å². The van der Waals surface area contributed by atoms with E-state index in [4.69, 9.17) is 8.94 Å². The summed E-state index contributed by atoms with van der Waals surface area (Å²) in [5.74, 6) is 1.42. The van der Waals surface area contributed by atoms with Crippen LogP contribution >= 0.6 is 0 Å². The molecule has 4 rings (SSSR count). The van der Waals surface area contributed by atoms with E-state index in [0.717, 1.165) is 12.1 Å². The van der Waals surface area contributed by atoms with Crippen molar-refractivity contribution in [3.05, 3.63) is 54.0 Å². The van der Waals surface area contributed by atoms with Gasteiger partial charge in [0, 0.05) is 24.6 Å². The van der Waals surface area contributed by atoms with Gasteiger partial charge in [0.1, 0.15) is 0 Å². The largest absolute Gasteiger partial charge is 0.459 e. The molecule has 1 aliphatic heterocycles. The molecule has 6 nitrogen and oxygen atoms in total. The van der Waals surface area contributed by atoms with E-state index >= 15 is 0 Å².